The molecule has 0 aromatic heterocycles. The molecule has 162 valence electrons. The van der Waals surface area contributed by atoms with E-state index in [1.54, 1.807) is 4.90 Å². The molecule has 3 saturated heterocycles. The van der Waals surface area contributed by atoms with E-state index < -0.39 is 11.0 Å². The van der Waals surface area contributed by atoms with Crippen LogP contribution in [0.25, 0.3) is 0 Å². The smallest absolute Gasteiger partial charge is 0.415 e. The molecular weight excluding hydrogens is 392 g/mol. The van der Waals surface area contributed by atoms with Gasteiger partial charge in [-0.25, -0.2) is 4.79 Å². The fourth-order valence-corrected chi connectivity index (χ4v) is 5.21. The van der Waals surface area contributed by atoms with Crippen LogP contribution in [0.15, 0.2) is 60.7 Å². The minimum atomic E-state index is -0.623. The van der Waals surface area contributed by atoms with Crippen molar-refractivity contribution >= 4 is 17.7 Å². The maximum Gasteiger partial charge on any atom is 0.415 e. The molecule has 1 atom stereocenters. The molecule has 2 amide bonds. The molecule has 3 heterocycles. The van der Waals surface area contributed by atoms with Crippen LogP contribution >= 0.6 is 0 Å². The van der Waals surface area contributed by atoms with Gasteiger partial charge in [-0.15, -0.1) is 0 Å². The van der Waals surface area contributed by atoms with Crippen LogP contribution in [0, 0.1) is 5.41 Å². The van der Waals surface area contributed by atoms with E-state index >= 15 is 0 Å². The number of hydrogen-bond acceptors (Lipinski definition) is 4. The van der Waals surface area contributed by atoms with Crippen molar-refractivity contribution < 1.29 is 19.1 Å². The molecular formula is C25H28N2O4. The van der Waals surface area contributed by atoms with E-state index in [9.17, 15) is 9.59 Å². The fourth-order valence-electron chi connectivity index (χ4n) is 5.21. The van der Waals surface area contributed by atoms with Crippen molar-refractivity contribution in [2.75, 3.05) is 37.7 Å². The van der Waals surface area contributed by atoms with Crippen LogP contribution in [0.2, 0.25) is 0 Å². The van der Waals surface area contributed by atoms with Crippen molar-refractivity contribution in [3.8, 4) is 0 Å². The number of carbonyl (C=O) groups is 2. The summed E-state index contributed by atoms with van der Waals surface area (Å²) in [5.74, 6) is 0.172. The Hall–Kier alpha value is -2.86. The van der Waals surface area contributed by atoms with E-state index in [1.807, 2.05) is 53.4 Å². The summed E-state index contributed by atoms with van der Waals surface area (Å²) in [5, 5.41) is 0. The van der Waals surface area contributed by atoms with E-state index in [0.29, 0.717) is 39.3 Å². The number of likely N-dealkylation sites (tertiary alicyclic amines) is 1. The summed E-state index contributed by atoms with van der Waals surface area (Å²) in [6, 6.07) is 19.8. The van der Waals surface area contributed by atoms with E-state index in [0.717, 1.165) is 24.9 Å². The van der Waals surface area contributed by atoms with E-state index in [-0.39, 0.29) is 12.0 Å². The number of para-hydroxylation sites is 1. The molecule has 3 fully saturated rings. The van der Waals surface area contributed by atoms with Gasteiger partial charge in [-0.05, 0) is 37.0 Å². The van der Waals surface area contributed by atoms with Gasteiger partial charge < -0.3 is 14.4 Å². The van der Waals surface area contributed by atoms with Crippen LogP contribution in [0.5, 0.6) is 0 Å². The molecule has 3 aliphatic heterocycles. The predicted octanol–water partition coefficient (Wildman–Crippen LogP) is 3.65. The second kappa shape index (κ2) is 8.00. The molecule has 31 heavy (non-hydrogen) atoms. The van der Waals surface area contributed by atoms with Gasteiger partial charge in [-0.2, -0.15) is 0 Å². The molecule has 0 N–H and O–H groups in total. The first-order valence-corrected chi connectivity index (χ1v) is 11.1. The standard InChI is InChI=1S/C25H28N2O4/c28-22(24(12-15-30-16-13-24)17-20-7-3-1-4-8-20)26-14-11-25(18-26)19-27(23(29)31-25)21-9-5-2-6-10-21/h1-10H,11-19H2. The van der Waals surface area contributed by atoms with Crippen LogP contribution in [-0.2, 0) is 20.7 Å². The predicted molar refractivity (Wildman–Crippen MR) is 117 cm³/mol. The Balaban J connectivity index is 1.33. The Labute approximate surface area is 182 Å². The number of benzene rings is 2. The second-order valence-corrected chi connectivity index (χ2v) is 9.00. The van der Waals surface area contributed by atoms with Crippen molar-refractivity contribution in [1.29, 1.82) is 0 Å². The highest BCUT2D eigenvalue weighted by atomic mass is 16.6. The Kier molecular flexibility index (Phi) is 5.18. The SMILES string of the molecule is O=C1OC2(CCN(C(=O)C3(Cc4ccccc4)CCOCC3)C2)CN1c1ccccc1. The first-order valence-electron chi connectivity index (χ1n) is 11.1. The molecule has 2 aromatic carbocycles. The van der Waals surface area contributed by atoms with Gasteiger partial charge in [-0.1, -0.05) is 48.5 Å². The third kappa shape index (κ3) is 3.81. The maximum absolute atomic E-state index is 13.8. The highest BCUT2D eigenvalue weighted by molar-refractivity contribution is 5.91. The van der Waals surface area contributed by atoms with Gasteiger partial charge in [0.25, 0.3) is 0 Å². The average molecular weight is 421 g/mol. The number of amides is 2. The monoisotopic (exact) mass is 420 g/mol. The Morgan fingerprint density at radius 1 is 0.903 bits per heavy atom. The summed E-state index contributed by atoms with van der Waals surface area (Å²) < 4.78 is 11.5. The minimum absolute atomic E-state index is 0.172. The number of nitrogens with zero attached hydrogens (tertiary/aromatic N) is 2. The summed E-state index contributed by atoms with van der Waals surface area (Å²) in [6.07, 6.45) is 2.51. The average Bonchev–Trinajstić information content (AvgIpc) is 3.37. The molecule has 2 aromatic rings. The second-order valence-electron chi connectivity index (χ2n) is 9.00. The molecule has 3 aliphatic rings. The van der Waals surface area contributed by atoms with Crippen molar-refractivity contribution in [3.05, 3.63) is 66.2 Å². The van der Waals surface area contributed by atoms with Crippen molar-refractivity contribution in [2.24, 2.45) is 5.41 Å². The van der Waals surface area contributed by atoms with Crippen molar-refractivity contribution in [1.82, 2.24) is 4.90 Å². The summed E-state index contributed by atoms with van der Waals surface area (Å²) in [7, 11) is 0. The van der Waals surface area contributed by atoms with Gasteiger partial charge in [-0.3, -0.25) is 9.69 Å². The molecule has 1 spiro atoms. The first-order chi connectivity index (χ1) is 15.1. The molecule has 6 nitrogen and oxygen atoms in total. The summed E-state index contributed by atoms with van der Waals surface area (Å²) in [6.45, 7) is 2.77. The number of ether oxygens (including phenoxy) is 2. The molecule has 6 heteroatoms. The normalized spacial score (nSPS) is 25.1. The van der Waals surface area contributed by atoms with Gasteiger partial charge in [0.2, 0.25) is 5.91 Å². The highest BCUT2D eigenvalue weighted by Crippen LogP contribution is 2.41. The van der Waals surface area contributed by atoms with Crippen LogP contribution < -0.4 is 4.90 Å². The topological polar surface area (TPSA) is 59.1 Å². The molecule has 0 aliphatic carbocycles. The number of hydrogen-bond donors (Lipinski definition) is 0. The third-order valence-corrected chi connectivity index (χ3v) is 6.93. The molecule has 1 unspecified atom stereocenters. The zero-order valence-electron chi connectivity index (χ0n) is 17.7. The van der Waals surface area contributed by atoms with Crippen LogP contribution in [0.3, 0.4) is 0 Å². The van der Waals surface area contributed by atoms with Gasteiger partial charge in [0.15, 0.2) is 5.60 Å². The van der Waals surface area contributed by atoms with Crippen molar-refractivity contribution in [3.63, 3.8) is 0 Å². The largest absolute Gasteiger partial charge is 0.439 e. The van der Waals surface area contributed by atoms with Crippen LogP contribution in [0.4, 0.5) is 10.5 Å². The lowest BCUT2D eigenvalue weighted by Crippen LogP contribution is -2.49. The summed E-state index contributed by atoms with van der Waals surface area (Å²) in [5.41, 5.74) is 0.933. The fraction of sp³-hybridized carbons (Fsp3) is 0.440. The summed E-state index contributed by atoms with van der Waals surface area (Å²) >= 11 is 0. The van der Waals surface area contributed by atoms with Gasteiger partial charge in [0.05, 0.1) is 18.5 Å². The minimum Gasteiger partial charge on any atom is -0.439 e. The summed E-state index contributed by atoms with van der Waals surface area (Å²) in [4.78, 5) is 30.0. The zero-order valence-corrected chi connectivity index (χ0v) is 17.7. The Morgan fingerprint density at radius 3 is 2.29 bits per heavy atom. The molecule has 0 radical (unpaired) electrons. The Bertz CT molecular complexity index is 943. The van der Waals surface area contributed by atoms with E-state index in [4.69, 9.17) is 9.47 Å². The van der Waals surface area contributed by atoms with Crippen molar-refractivity contribution in [2.45, 2.75) is 31.3 Å². The maximum atomic E-state index is 13.8. The molecule has 5 rings (SSSR count). The molecule has 0 bridgehead atoms. The zero-order chi connectivity index (χ0) is 21.3. The number of carbonyl (C=O) groups excluding carboxylic acids is 2. The number of anilines is 1. The lowest BCUT2D eigenvalue weighted by Gasteiger charge is -2.39. The Morgan fingerprint density at radius 2 is 1.58 bits per heavy atom. The third-order valence-electron chi connectivity index (χ3n) is 6.93. The number of rotatable bonds is 4. The highest BCUT2D eigenvalue weighted by Gasteiger charge is 2.53. The van der Waals surface area contributed by atoms with Crippen LogP contribution in [0.1, 0.15) is 24.8 Å². The van der Waals surface area contributed by atoms with Crippen LogP contribution in [-0.4, -0.2) is 55.3 Å². The first kappa shape index (κ1) is 20.1. The molecule has 0 saturated carbocycles. The van der Waals surface area contributed by atoms with Gasteiger partial charge >= 0.3 is 6.09 Å². The van der Waals surface area contributed by atoms with Gasteiger partial charge in [0.1, 0.15) is 0 Å². The lowest BCUT2D eigenvalue weighted by molar-refractivity contribution is -0.147. The van der Waals surface area contributed by atoms with Gasteiger partial charge in [0, 0.05) is 31.9 Å². The van der Waals surface area contributed by atoms with E-state index in [1.165, 1.54) is 5.56 Å². The quantitative estimate of drug-likeness (QED) is 0.758. The lowest BCUT2D eigenvalue weighted by atomic mass is 9.74. The van der Waals surface area contributed by atoms with E-state index in [2.05, 4.69) is 12.1 Å².